The molecule has 216 valence electrons. The zero-order chi connectivity index (χ0) is 28.2. The molecule has 3 saturated heterocycles. The predicted molar refractivity (Wildman–Crippen MR) is 157 cm³/mol. The summed E-state index contributed by atoms with van der Waals surface area (Å²) in [4.78, 5) is 25.7. The van der Waals surface area contributed by atoms with Crippen LogP contribution in [-0.2, 0) is 11.3 Å². The average Bonchev–Trinajstić information content (AvgIpc) is 3.27. The molecule has 3 aliphatic rings. The van der Waals surface area contributed by atoms with Gasteiger partial charge in [-0.25, -0.2) is 9.78 Å². The summed E-state index contributed by atoms with van der Waals surface area (Å²) in [5.41, 5.74) is 9.08. The first-order valence-corrected chi connectivity index (χ1v) is 14.5. The molecule has 0 saturated carbocycles. The number of benzene rings is 1. The summed E-state index contributed by atoms with van der Waals surface area (Å²) in [6, 6.07) is 16.3. The lowest BCUT2D eigenvalue weighted by Crippen LogP contribution is -2.54. The molecule has 6 rings (SSSR count). The normalized spacial score (nSPS) is 20.8. The number of carbonyl (C=O) groups is 1. The van der Waals surface area contributed by atoms with E-state index in [1.807, 2.05) is 42.6 Å². The molecule has 2 N–H and O–H groups in total. The van der Waals surface area contributed by atoms with Crippen LogP contribution in [0, 0.1) is 0 Å². The van der Waals surface area contributed by atoms with Gasteiger partial charge in [0.25, 0.3) is 0 Å². The molecule has 41 heavy (non-hydrogen) atoms. The Morgan fingerprint density at radius 2 is 1.76 bits per heavy atom. The van der Waals surface area contributed by atoms with E-state index in [2.05, 4.69) is 35.9 Å². The highest BCUT2D eigenvalue weighted by Crippen LogP contribution is 2.38. The van der Waals surface area contributed by atoms with Crippen LogP contribution >= 0.6 is 11.6 Å². The van der Waals surface area contributed by atoms with Gasteiger partial charge >= 0.3 is 6.09 Å². The number of aromatic nitrogens is 3. The lowest BCUT2D eigenvalue weighted by Gasteiger charge is -2.43. The molecule has 3 aromatic rings. The first-order chi connectivity index (χ1) is 20.0. The van der Waals surface area contributed by atoms with Gasteiger partial charge in [0.2, 0.25) is 5.88 Å². The van der Waals surface area contributed by atoms with E-state index in [1.54, 1.807) is 11.0 Å². The van der Waals surface area contributed by atoms with Crippen molar-refractivity contribution in [3.05, 3.63) is 65.4 Å². The van der Waals surface area contributed by atoms with E-state index in [1.165, 1.54) is 0 Å². The van der Waals surface area contributed by atoms with Gasteiger partial charge in [0.05, 0.1) is 5.69 Å². The van der Waals surface area contributed by atoms with Crippen LogP contribution < -0.4 is 20.3 Å². The molecular formula is C29H35ClN8O3. The largest absolute Gasteiger partial charge is 0.476 e. The van der Waals surface area contributed by atoms with Crippen molar-refractivity contribution in [2.75, 3.05) is 68.0 Å². The van der Waals surface area contributed by atoms with Crippen molar-refractivity contribution in [3.8, 4) is 5.88 Å². The summed E-state index contributed by atoms with van der Waals surface area (Å²) in [6.07, 6.45) is 3.78. The highest BCUT2D eigenvalue weighted by Gasteiger charge is 2.40. The van der Waals surface area contributed by atoms with E-state index >= 15 is 0 Å². The Morgan fingerprint density at radius 1 is 1.00 bits per heavy atom. The number of fused-ring (bicyclic) bond motifs is 2. The minimum Gasteiger partial charge on any atom is -0.476 e. The van der Waals surface area contributed by atoms with Gasteiger partial charge in [0, 0.05) is 81.9 Å². The number of nitrogen functional groups attached to an aromatic ring is 1. The van der Waals surface area contributed by atoms with Crippen LogP contribution in [0.5, 0.6) is 5.88 Å². The van der Waals surface area contributed by atoms with Gasteiger partial charge in [-0.2, -0.15) is 0 Å². The monoisotopic (exact) mass is 578 g/mol. The van der Waals surface area contributed by atoms with Crippen LogP contribution in [0.4, 0.5) is 22.0 Å². The SMILES string of the molecule is Nc1nnc(Cl)cc1N1CC2CCC(C1)N2c1ccnc(OCCN2CCN(C(=O)OCc3ccccc3)CC2)c1. The van der Waals surface area contributed by atoms with Crippen LogP contribution in [0.3, 0.4) is 0 Å². The third-order valence-electron chi connectivity index (χ3n) is 8.10. The maximum Gasteiger partial charge on any atom is 0.410 e. The van der Waals surface area contributed by atoms with Gasteiger partial charge in [0.15, 0.2) is 11.0 Å². The van der Waals surface area contributed by atoms with Gasteiger partial charge in [-0.15, -0.1) is 10.2 Å². The maximum atomic E-state index is 12.4. The van der Waals surface area contributed by atoms with Crippen molar-refractivity contribution in [2.45, 2.75) is 31.5 Å². The van der Waals surface area contributed by atoms with E-state index in [9.17, 15) is 4.79 Å². The predicted octanol–water partition coefficient (Wildman–Crippen LogP) is 3.30. The lowest BCUT2D eigenvalue weighted by molar-refractivity contribution is 0.0682. The summed E-state index contributed by atoms with van der Waals surface area (Å²) >= 11 is 6.10. The fourth-order valence-corrected chi connectivity index (χ4v) is 6.17. The van der Waals surface area contributed by atoms with Gasteiger partial charge in [-0.1, -0.05) is 41.9 Å². The molecule has 0 radical (unpaired) electrons. The molecule has 3 aliphatic heterocycles. The maximum absolute atomic E-state index is 12.4. The second-order valence-electron chi connectivity index (χ2n) is 10.7. The standard InChI is InChI=1S/C29H35ClN8O3/c30-26-17-25(28(31)34-33-26)37-18-23-6-7-24(19-37)38(23)22-8-9-32-27(16-22)40-15-14-35-10-12-36(13-11-35)29(39)41-20-21-4-2-1-3-5-21/h1-5,8-9,16-17,23-24H,6-7,10-15,18-20H2,(H2,31,34). The van der Waals surface area contributed by atoms with Crippen LogP contribution in [0.25, 0.3) is 0 Å². The van der Waals surface area contributed by atoms with Crippen molar-refractivity contribution in [1.29, 1.82) is 0 Å². The number of nitrogens with two attached hydrogens (primary N) is 1. The van der Waals surface area contributed by atoms with Gasteiger partial charge in [0.1, 0.15) is 13.2 Å². The molecule has 12 heteroatoms. The van der Waals surface area contributed by atoms with E-state index < -0.39 is 0 Å². The van der Waals surface area contributed by atoms with Crippen LogP contribution in [0.15, 0.2) is 54.7 Å². The number of hydrogen-bond donors (Lipinski definition) is 1. The third-order valence-corrected chi connectivity index (χ3v) is 8.29. The zero-order valence-corrected chi connectivity index (χ0v) is 23.7. The quantitative estimate of drug-likeness (QED) is 0.427. The van der Waals surface area contributed by atoms with Crippen molar-refractivity contribution in [1.82, 2.24) is 25.0 Å². The molecule has 2 unspecified atom stereocenters. The van der Waals surface area contributed by atoms with E-state index in [0.29, 0.717) is 55.2 Å². The Morgan fingerprint density at radius 3 is 2.51 bits per heavy atom. The Hall–Kier alpha value is -3.83. The first-order valence-electron chi connectivity index (χ1n) is 14.1. The zero-order valence-electron chi connectivity index (χ0n) is 22.9. The molecule has 2 atom stereocenters. The number of nitrogens with zero attached hydrogens (tertiary/aromatic N) is 7. The second-order valence-corrected chi connectivity index (χ2v) is 11.1. The molecule has 5 heterocycles. The summed E-state index contributed by atoms with van der Waals surface area (Å²) in [5.74, 6) is 1.04. The third kappa shape index (κ3) is 6.41. The molecular weight excluding hydrogens is 544 g/mol. The summed E-state index contributed by atoms with van der Waals surface area (Å²) in [7, 11) is 0. The fourth-order valence-electron chi connectivity index (χ4n) is 6.03. The van der Waals surface area contributed by atoms with Crippen molar-refractivity contribution < 1.29 is 14.3 Å². The summed E-state index contributed by atoms with van der Waals surface area (Å²) in [5, 5.41) is 8.19. The first kappa shape index (κ1) is 27.3. The molecule has 3 fully saturated rings. The number of rotatable bonds is 8. The van der Waals surface area contributed by atoms with Crippen molar-refractivity contribution in [3.63, 3.8) is 0 Å². The molecule has 11 nitrogen and oxygen atoms in total. The number of anilines is 3. The molecule has 0 aliphatic carbocycles. The van der Waals surface area contributed by atoms with Gasteiger partial charge in [-0.3, -0.25) is 4.90 Å². The number of halogens is 1. The number of hydrogen-bond acceptors (Lipinski definition) is 10. The Balaban J connectivity index is 0.965. The van der Waals surface area contributed by atoms with Crippen molar-refractivity contribution in [2.24, 2.45) is 0 Å². The topological polar surface area (TPSA) is 113 Å². The Labute approximate surface area is 244 Å². The average molecular weight is 579 g/mol. The van der Waals surface area contributed by atoms with Gasteiger partial charge in [-0.05, 0) is 24.5 Å². The minimum absolute atomic E-state index is 0.259. The van der Waals surface area contributed by atoms with E-state index in [4.69, 9.17) is 26.8 Å². The highest BCUT2D eigenvalue weighted by molar-refractivity contribution is 6.29. The number of amides is 1. The smallest absolute Gasteiger partial charge is 0.410 e. The van der Waals surface area contributed by atoms with Crippen LogP contribution in [0.2, 0.25) is 5.15 Å². The molecule has 1 amide bonds. The Bertz CT molecular complexity index is 1330. The molecule has 0 spiro atoms. The van der Waals surface area contributed by atoms with Gasteiger partial charge < -0.3 is 29.9 Å². The van der Waals surface area contributed by atoms with Crippen LogP contribution in [0.1, 0.15) is 18.4 Å². The van der Waals surface area contributed by atoms with Crippen LogP contribution in [-0.4, -0.2) is 95.6 Å². The highest BCUT2D eigenvalue weighted by atomic mass is 35.5. The van der Waals surface area contributed by atoms with E-state index in [-0.39, 0.29) is 6.09 Å². The molecule has 2 bridgehead atoms. The molecule has 1 aromatic carbocycles. The minimum atomic E-state index is -0.259. The fraction of sp³-hybridized carbons (Fsp3) is 0.448. The number of ether oxygens (including phenoxy) is 2. The summed E-state index contributed by atoms with van der Waals surface area (Å²) < 4.78 is 11.5. The number of carbonyl (C=O) groups excluding carboxylic acids is 1. The Kier molecular flexibility index (Phi) is 8.24. The number of pyridine rings is 1. The van der Waals surface area contributed by atoms with Crippen molar-refractivity contribution >= 4 is 34.9 Å². The lowest BCUT2D eigenvalue weighted by atomic mass is 10.1. The summed E-state index contributed by atoms with van der Waals surface area (Å²) in [6.45, 7) is 6.13. The molecule has 2 aromatic heterocycles. The van der Waals surface area contributed by atoms with E-state index in [0.717, 1.165) is 62.5 Å². The second kappa shape index (κ2) is 12.4. The number of piperazine rings is 2.